The van der Waals surface area contributed by atoms with E-state index in [1.807, 2.05) is 0 Å². The summed E-state index contributed by atoms with van der Waals surface area (Å²) in [4.78, 5) is 23.2. The highest BCUT2D eigenvalue weighted by Gasteiger charge is 2.41. The Morgan fingerprint density at radius 2 is 1.77 bits per heavy atom. The zero-order valence-corrected chi connectivity index (χ0v) is 13.9. The summed E-state index contributed by atoms with van der Waals surface area (Å²) >= 11 is 1.39. The summed E-state index contributed by atoms with van der Waals surface area (Å²) in [5, 5.41) is 24.6. The van der Waals surface area contributed by atoms with Gasteiger partial charge in [-0.3, -0.25) is 20.2 Å². The zero-order chi connectivity index (χ0) is 19.1. The first kappa shape index (κ1) is 18.1. The summed E-state index contributed by atoms with van der Waals surface area (Å²) in [6.07, 6.45) is -3.69. The Kier molecular flexibility index (Phi) is 4.57. The second kappa shape index (κ2) is 6.56. The van der Waals surface area contributed by atoms with Crippen molar-refractivity contribution in [1.82, 2.24) is 0 Å². The average Bonchev–Trinajstić information content (AvgIpc) is 3.23. The topological polar surface area (TPSA) is 89.5 Å². The van der Waals surface area contributed by atoms with Gasteiger partial charge in [0.15, 0.2) is 5.69 Å². The zero-order valence-electron chi connectivity index (χ0n) is 13.1. The molecule has 26 heavy (non-hydrogen) atoms. The van der Waals surface area contributed by atoms with Crippen molar-refractivity contribution < 1.29 is 23.0 Å². The molecule has 0 spiro atoms. The van der Waals surface area contributed by atoms with Crippen LogP contribution in [0, 0.1) is 20.2 Å². The molecule has 2 aromatic rings. The predicted octanol–water partition coefficient (Wildman–Crippen LogP) is 4.92. The Bertz CT molecular complexity index is 819. The highest BCUT2D eigenvalue weighted by Crippen LogP contribution is 2.48. The van der Waals surface area contributed by atoms with Crippen molar-refractivity contribution in [1.29, 1.82) is 0 Å². The molecule has 11 heteroatoms. The van der Waals surface area contributed by atoms with E-state index in [1.165, 1.54) is 16.2 Å². The quantitative estimate of drug-likeness (QED) is 0.548. The van der Waals surface area contributed by atoms with Crippen molar-refractivity contribution in [3.05, 3.63) is 60.3 Å². The van der Waals surface area contributed by atoms with Gasteiger partial charge in [0.1, 0.15) is 0 Å². The molecule has 138 valence electrons. The van der Waals surface area contributed by atoms with Crippen LogP contribution in [0.25, 0.3) is 0 Å². The van der Waals surface area contributed by atoms with Crippen LogP contribution in [0.3, 0.4) is 0 Å². The highest BCUT2D eigenvalue weighted by atomic mass is 32.1. The number of hydrogen-bond acceptors (Lipinski definition) is 6. The van der Waals surface area contributed by atoms with Gasteiger partial charge in [-0.2, -0.15) is 13.2 Å². The van der Waals surface area contributed by atoms with Crippen molar-refractivity contribution in [2.45, 2.75) is 25.1 Å². The Hall–Kier alpha value is -2.69. The number of nitro groups is 2. The number of thiophene rings is 1. The molecule has 1 aliphatic heterocycles. The van der Waals surface area contributed by atoms with E-state index in [1.54, 1.807) is 17.5 Å². The number of hydrogen-bond donors (Lipinski definition) is 0. The van der Waals surface area contributed by atoms with Gasteiger partial charge in [-0.25, -0.2) is 0 Å². The molecule has 1 atom stereocenters. The second-order valence-corrected chi connectivity index (χ2v) is 6.72. The largest absolute Gasteiger partial charge is 0.416 e. The van der Waals surface area contributed by atoms with E-state index >= 15 is 0 Å². The van der Waals surface area contributed by atoms with E-state index in [2.05, 4.69) is 0 Å². The average molecular weight is 387 g/mol. The van der Waals surface area contributed by atoms with Gasteiger partial charge < -0.3 is 4.90 Å². The lowest BCUT2D eigenvalue weighted by molar-refractivity contribution is -0.393. The molecule has 0 bridgehead atoms. The minimum atomic E-state index is -4.92. The first-order chi connectivity index (χ1) is 12.2. The third kappa shape index (κ3) is 3.21. The van der Waals surface area contributed by atoms with E-state index in [0.29, 0.717) is 25.0 Å². The lowest BCUT2D eigenvalue weighted by Crippen LogP contribution is -2.24. The number of anilines is 1. The SMILES string of the molecule is O=[N+]([O-])c1cc(C(F)(F)F)cc([N+](=O)[O-])c1N1CCCC1c1cccs1. The van der Waals surface area contributed by atoms with Crippen LogP contribution in [-0.2, 0) is 6.18 Å². The van der Waals surface area contributed by atoms with Crippen molar-refractivity contribution >= 4 is 28.4 Å². The number of halogens is 3. The number of benzene rings is 1. The van der Waals surface area contributed by atoms with Crippen molar-refractivity contribution in [3.63, 3.8) is 0 Å². The van der Waals surface area contributed by atoms with E-state index in [4.69, 9.17) is 0 Å². The Balaban J connectivity index is 2.22. The lowest BCUT2D eigenvalue weighted by Gasteiger charge is -2.25. The molecule has 1 saturated heterocycles. The molecule has 1 aromatic heterocycles. The maximum Gasteiger partial charge on any atom is 0.416 e. The Morgan fingerprint density at radius 3 is 2.23 bits per heavy atom. The standard InChI is InChI=1S/C15H12F3N3O4S/c16-15(17,18)9-7-11(20(22)23)14(12(8-9)21(24)25)19-5-1-3-10(19)13-4-2-6-26-13/h2,4,6-8,10H,1,3,5H2. The maximum absolute atomic E-state index is 13.0. The molecule has 1 aliphatic rings. The number of rotatable bonds is 4. The first-order valence-electron chi connectivity index (χ1n) is 7.54. The fourth-order valence-corrected chi connectivity index (χ4v) is 4.03. The van der Waals surface area contributed by atoms with Crippen LogP contribution in [0.15, 0.2) is 29.6 Å². The molecule has 0 amide bonds. The van der Waals surface area contributed by atoms with E-state index < -0.39 is 33.0 Å². The second-order valence-electron chi connectivity index (χ2n) is 5.74. The van der Waals surface area contributed by atoms with Gasteiger partial charge in [-0.05, 0) is 24.3 Å². The summed E-state index contributed by atoms with van der Waals surface area (Å²) in [6.45, 7) is 0.287. The fraction of sp³-hybridized carbons (Fsp3) is 0.333. The third-order valence-corrected chi connectivity index (χ3v) is 5.18. The van der Waals surface area contributed by atoms with Crippen LogP contribution in [0.1, 0.15) is 29.3 Å². The van der Waals surface area contributed by atoms with Crippen LogP contribution in [0.2, 0.25) is 0 Å². The number of alkyl halides is 3. The molecular weight excluding hydrogens is 375 g/mol. The van der Waals surface area contributed by atoms with Gasteiger partial charge in [0.2, 0.25) is 0 Å². The predicted molar refractivity (Wildman–Crippen MR) is 88.4 cm³/mol. The third-order valence-electron chi connectivity index (χ3n) is 4.20. The summed E-state index contributed by atoms with van der Waals surface area (Å²) in [7, 11) is 0. The molecule has 0 radical (unpaired) electrons. The van der Waals surface area contributed by atoms with Gasteiger partial charge in [0.25, 0.3) is 11.4 Å². The van der Waals surface area contributed by atoms with Crippen molar-refractivity contribution in [3.8, 4) is 0 Å². The molecule has 0 saturated carbocycles. The molecule has 2 heterocycles. The van der Waals surface area contributed by atoms with Gasteiger partial charge in [-0.1, -0.05) is 6.07 Å². The van der Waals surface area contributed by atoms with Crippen LogP contribution in [0.5, 0.6) is 0 Å². The van der Waals surface area contributed by atoms with E-state index in [0.717, 1.165) is 4.88 Å². The van der Waals surface area contributed by atoms with Crippen LogP contribution in [-0.4, -0.2) is 16.4 Å². The molecule has 7 nitrogen and oxygen atoms in total. The molecule has 3 rings (SSSR count). The number of nitrogens with zero attached hydrogens (tertiary/aromatic N) is 3. The van der Waals surface area contributed by atoms with Crippen LogP contribution in [0.4, 0.5) is 30.2 Å². The normalized spacial score (nSPS) is 17.5. The molecule has 1 unspecified atom stereocenters. The summed E-state index contributed by atoms with van der Waals surface area (Å²) in [5.41, 5.74) is -3.60. The molecule has 0 N–H and O–H groups in total. The molecule has 0 aliphatic carbocycles. The van der Waals surface area contributed by atoms with Gasteiger partial charge in [0.05, 0.1) is 21.5 Å². The highest BCUT2D eigenvalue weighted by molar-refractivity contribution is 7.10. The summed E-state index contributed by atoms with van der Waals surface area (Å²) in [6, 6.07) is 3.98. The smallest absolute Gasteiger partial charge is 0.352 e. The minimum Gasteiger partial charge on any atom is -0.352 e. The number of nitro benzene ring substituents is 2. The maximum atomic E-state index is 13.0. The van der Waals surface area contributed by atoms with Crippen LogP contribution < -0.4 is 4.90 Å². The van der Waals surface area contributed by atoms with Crippen LogP contribution >= 0.6 is 11.3 Å². The van der Waals surface area contributed by atoms with Crippen molar-refractivity contribution in [2.75, 3.05) is 11.4 Å². The van der Waals surface area contributed by atoms with Gasteiger partial charge >= 0.3 is 6.18 Å². The fourth-order valence-electron chi connectivity index (χ4n) is 3.15. The Labute approximate surface area is 149 Å². The van der Waals surface area contributed by atoms with Gasteiger partial charge in [-0.15, -0.1) is 11.3 Å². The minimum absolute atomic E-state index is 0.287. The van der Waals surface area contributed by atoms with Gasteiger partial charge in [0, 0.05) is 23.6 Å². The van der Waals surface area contributed by atoms with E-state index in [9.17, 15) is 33.4 Å². The summed E-state index contributed by atoms with van der Waals surface area (Å²) in [5.74, 6) is 0. The molecular formula is C15H12F3N3O4S. The molecule has 1 fully saturated rings. The lowest BCUT2D eigenvalue weighted by atomic mass is 10.1. The molecule has 1 aromatic carbocycles. The van der Waals surface area contributed by atoms with Crippen molar-refractivity contribution in [2.24, 2.45) is 0 Å². The van der Waals surface area contributed by atoms with E-state index in [-0.39, 0.29) is 18.3 Å². The summed E-state index contributed by atoms with van der Waals surface area (Å²) < 4.78 is 39.1. The monoisotopic (exact) mass is 387 g/mol. The first-order valence-corrected chi connectivity index (χ1v) is 8.42. The Morgan fingerprint density at radius 1 is 1.15 bits per heavy atom.